The van der Waals surface area contributed by atoms with Gasteiger partial charge in [0.1, 0.15) is 0 Å². The molecule has 0 radical (unpaired) electrons. The molecule has 2 fully saturated rings. The Bertz CT molecular complexity index is 395. The third kappa shape index (κ3) is 2.39. The normalized spacial score (nSPS) is 22.6. The van der Waals surface area contributed by atoms with E-state index in [4.69, 9.17) is 0 Å². The lowest BCUT2D eigenvalue weighted by molar-refractivity contribution is 0.304. The molecule has 2 aliphatic rings. The molecule has 0 amide bonds. The minimum atomic E-state index is 0.413. The van der Waals surface area contributed by atoms with Crippen LogP contribution in [-0.4, -0.2) is 31.4 Å². The van der Waals surface area contributed by atoms with Crippen LogP contribution in [0.3, 0.4) is 0 Å². The molecule has 0 bridgehead atoms. The molecule has 3 rings (SSSR count). The highest BCUT2D eigenvalue weighted by Crippen LogP contribution is 2.33. The average Bonchev–Trinajstić information content (AvgIpc) is 2.87. The zero-order valence-electron chi connectivity index (χ0n) is 11.1. The first kappa shape index (κ1) is 12.4. The van der Waals surface area contributed by atoms with E-state index in [0.717, 1.165) is 13.1 Å². The van der Waals surface area contributed by atoms with Gasteiger partial charge in [-0.3, -0.25) is 0 Å². The molecule has 98 valence electrons. The number of nitrogens with one attached hydrogen (secondary N) is 1. The Kier molecular flexibility index (Phi) is 3.53. The van der Waals surface area contributed by atoms with Crippen molar-refractivity contribution in [2.75, 3.05) is 30.8 Å². The van der Waals surface area contributed by atoms with Gasteiger partial charge in [0.25, 0.3) is 0 Å². The Hall–Kier alpha value is -0.670. The highest BCUT2D eigenvalue weighted by molar-refractivity contribution is 7.98. The maximum atomic E-state index is 3.77. The maximum absolute atomic E-state index is 3.77. The number of anilines is 1. The summed E-state index contributed by atoms with van der Waals surface area (Å²) in [6.07, 6.45) is 7.63. The molecule has 1 aliphatic heterocycles. The average molecular weight is 262 g/mol. The Morgan fingerprint density at radius 2 is 1.89 bits per heavy atom. The number of hydrogen-bond donors (Lipinski definition) is 1. The molecular formula is C15H22N2S. The fourth-order valence-electron chi connectivity index (χ4n) is 3.36. The number of benzene rings is 1. The molecule has 1 N–H and O–H groups in total. The van der Waals surface area contributed by atoms with Gasteiger partial charge in [-0.05, 0) is 43.4 Å². The number of rotatable bonds is 2. The summed E-state index contributed by atoms with van der Waals surface area (Å²) in [4.78, 5) is 3.91. The Labute approximate surface area is 114 Å². The minimum absolute atomic E-state index is 0.413. The van der Waals surface area contributed by atoms with Crippen LogP contribution in [0.15, 0.2) is 29.2 Å². The third-order valence-corrected chi connectivity index (χ3v) is 5.12. The molecule has 0 unspecified atom stereocenters. The maximum Gasteiger partial charge on any atom is 0.0368 e. The van der Waals surface area contributed by atoms with Gasteiger partial charge < -0.3 is 10.2 Å². The molecule has 1 heterocycles. The van der Waals surface area contributed by atoms with Crippen LogP contribution in [0.1, 0.15) is 25.7 Å². The van der Waals surface area contributed by atoms with Crippen LogP contribution in [0, 0.1) is 0 Å². The summed E-state index contributed by atoms with van der Waals surface area (Å²) in [6.45, 7) is 3.45. The summed E-state index contributed by atoms with van der Waals surface area (Å²) < 4.78 is 0. The van der Waals surface area contributed by atoms with Gasteiger partial charge in [0.2, 0.25) is 0 Å². The quantitative estimate of drug-likeness (QED) is 0.824. The summed E-state index contributed by atoms with van der Waals surface area (Å²) in [5, 5.41) is 3.77. The number of piperazine rings is 1. The molecule has 1 aliphatic carbocycles. The second-order valence-electron chi connectivity index (χ2n) is 5.53. The SMILES string of the molecule is CSc1ccc(N2CCNC3(CCCC3)C2)cc1. The molecule has 1 spiro atoms. The molecular weight excluding hydrogens is 240 g/mol. The van der Waals surface area contributed by atoms with E-state index in [-0.39, 0.29) is 0 Å². The summed E-state index contributed by atoms with van der Waals surface area (Å²) in [6, 6.07) is 9.03. The van der Waals surface area contributed by atoms with Crippen molar-refractivity contribution in [1.82, 2.24) is 5.32 Å². The van der Waals surface area contributed by atoms with Crippen LogP contribution in [0.2, 0.25) is 0 Å². The Morgan fingerprint density at radius 1 is 1.17 bits per heavy atom. The van der Waals surface area contributed by atoms with E-state index in [0.29, 0.717) is 5.54 Å². The van der Waals surface area contributed by atoms with Gasteiger partial charge in [-0.25, -0.2) is 0 Å². The van der Waals surface area contributed by atoms with Gasteiger partial charge >= 0.3 is 0 Å². The van der Waals surface area contributed by atoms with Crippen LogP contribution in [-0.2, 0) is 0 Å². The number of nitrogens with zero attached hydrogens (tertiary/aromatic N) is 1. The van der Waals surface area contributed by atoms with E-state index < -0.39 is 0 Å². The van der Waals surface area contributed by atoms with Crippen molar-refractivity contribution in [3.63, 3.8) is 0 Å². The molecule has 3 heteroatoms. The van der Waals surface area contributed by atoms with Gasteiger partial charge in [0.05, 0.1) is 0 Å². The zero-order valence-corrected chi connectivity index (χ0v) is 11.9. The molecule has 0 aromatic heterocycles. The lowest BCUT2D eigenvalue weighted by Gasteiger charge is -2.42. The minimum Gasteiger partial charge on any atom is -0.368 e. The predicted molar refractivity (Wildman–Crippen MR) is 79.6 cm³/mol. The first-order chi connectivity index (χ1) is 8.81. The second-order valence-corrected chi connectivity index (χ2v) is 6.41. The van der Waals surface area contributed by atoms with E-state index >= 15 is 0 Å². The topological polar surface area (TPSA) is 15.3 Å². The second kappa shape index (κ2) is 5.14. The summed E-state index contributed by atoms with van der Waals surface area (Å²) in [5.41, 5.74) is 1.80. The van der Waals surface area contributed by atoms with Crippen molar-refractivity contribution in [2.45, 2.75) is 36.1 Å². The van der Waals surface area contributed by atoms with Crippen molar-refractivity contribution in [3.8, 4) is 0 Å². The van der Waals surface area contributed by atoms with Crippen molar-refractivity contribution < 1.29 is 0 Å². The Balaban J connectivity index is 1.74. The van der Waals surface area contributed by atoms with Crippen molar-refractivity contribution >= 4 is 17.4 Å². The standard InChI is InChI=1S/C15H22N2S/c1-18-14-6-4-13(5-7-14)17-11-10-16-15(12-17)8-2-3-9-15/h4-7,16H,2-3,8-12H2,1H3. The van der Waals surface area contributed by atoms with Crippen molar-refractivity contribution in [1.29, 1.82) is 0 Å². The molecule has 1 aromatic rings. The molecule has 1 saturated heterocycles. The highest BCUT2D eigenvalue weighted by Gasteiger charge is 2.37. The molecule has 1 saturated carbocycles. The first-order valence-corrected chi connectivity index (χ1v) is 8.18. The molecule has 1 aromatic carbocycles. The van der Waals surface area contributed by atoms with Crippen LogP contribution >= 0.6 is 11.8 Å². The largest absolute Gasteiger partial charge is 0.368 e. The summed E-state index contributed by atoms with van der Waals surface area (Å²) in [5.74, 6) is 0. The van der Waals surface area contributed by atoms with Crippen LogP contribution in [0.4, 0.5) is 5.69 Å². The smallest absolute Gasteiger partial charge is 0.0368 e. The van der Waals surface area contributed by atoms with Gasteiger partial charge in [-0.1, -0.05) is 12.8 Å². The predicted octanol–water partition coefficient (Wildman–Crippen LogP) is 3.13. The lowest BCUT2D eigenvalue weighted by Crippen LogP contribution is -2.59. The van der Waals surface area contributed by atoms with E-state index in [1.165, 1.54) is 42.8 Å². The van der Waals surface area contributed by atoms with Crippen LogP contribution in [0.5, 0.6) is 0 Å². The van der Waals surface area contributed by atoms with Crippen molar-refractivity contribution in [2.24, 2.45) is 0 Å². The fraction of sp³-hybridized carbons (Fsp3) is 0.600. The van der Waals surface area contributed by atoms with Gasteiger partial charge in [-0.2, -0.15) is 0 Å². The lowest BCUT2D eigenvalue weighted by atomic mass is 9.94. The van der Waals surface area contributed by atoms with Gasteiger partial charge in [-0.15, -0.1) is 11.8 Å². The highest BCUT2D eigenvalue weighted by atomic mass is 32.2. The fourth-order valence-corrected chi connectivity index (χ4v) is 3.76. The summed E-state index contributed by atoms with van der Waals surface area (Å²) >= 11 is 1.81. The Morgan fingerprint density at radius 3 is 2.56 bits per heavy atom. The molecule has 0 atom stereocenters. The van der Waals surface area contributed by atoms with Crippen LogP contribution < -0.4 is 10.2 Å². The van der Waals surface area contributed by atoms with Crippen LogP contribution in [0.25, 0.3) is 0 Å². The third-order valence-electron chi connectivity index (χ3n) is 4.37. The molecule has 2 nitrogen and oxygen atoms in total. The number of thioether (sulfide) groups is 1. The van der Waals surface area contributed by atoms with Gasteiger partial charge in [0.15, 0.2) is 0 Å². The van der Waals surface area contributed by atoms with E-state index in [1.807, 2.05) is 11.8 Å². The molecule has 18 heavy (non-hydrogen) atoms. The van der Waals surface area contributed by atoms with E-state index in [2.05, 4.69) is 40.7 Å². The monoisotopic (exact) mass is 262 g/mol. The summed E-state index contributed by atoms with van der Waals surface area (Å²) in [7, 11) is 0. The number of hydrogen-bond acceptors (Lipinski definition) is 3. The van der Waals surface area contributed by atoms with Crippen molar-refractivity contribution in [3.05, 3.63) is 24.3 Å². The first-order valence-electron chi connectivity index (χ1n) is 6.95. The van der Waals surface area contributed by atoms with E-state index in [1.54, 1.807) is 0 Å². The zero-order chi connectivity index (χ0) is 12.4. The van der Waals surface area contributed by atoms with Gasteiger partial charge in [0, 0.05) is 35.8 Å². The van der Waals surface area contributed by atoms with E-state index in [9.17, 15) is 0 Å².